The average Bonchev–Trinajstić information content (AvgIpc) is 3.05. The molecule has 11 nitrogen and oxygen atoms in total. The normalized spacial score (nSPS) is 12.2. The summed E-state index contributed by atoms with van der Waals surface area (Å²) in [5.41, 5.74) is 2.74. The molecule has 3 amide bonds. The van der Waals surface area contributed by atoms with Crippen molar-refractivity contribution in [2.45, 2.75) is 84.6 Å². The van der Waals surface area contributed by atoms with E-state index in [-0.39, 0.29) is 26.0 Å². The van der Waals surface area contributed by atoms with E-state index in [1.54, 1.807) is 46.8 Å². The standard InChI is InChI=1S/C38H47N3O8/c1-26-15-14-16-27(2)33(26)35(44)47-25-32(42)30(21-12-13-22-39-36(45)49-38(3,4)5)40-34(43)31(23-28-17-8-6-9-18-28)41-37(46)48-24-29-19-10-7-11-20-29/h6-11,14-20,30-31H,12-13,21-25H2,1-5H3,(H,39,45)(H,40,43)(H,41,46)/t30-,31-/m1/s1. The molecule has 3 aromatic carbocycles. The molecule has 0 fully saturated rings. The van der Waals surface area contributed by atoms with Crippen LogP contribution >= 0.6 is 0 Å². The molecule has 49 heavy (non-hydrogen) atoms. The predicted octanol–water partition coefficient (Wildman–Crippen LogP) is 5.75. The number of carbonyl (C=O) groups excluding carboxylic acids is 5. The van der Waals surface area contributed by atoms with Crippen molar-refractivity contribution in [1.82, 2.24) is 16.0 Å². The van der Waals surface area contributed by atoms with Crippen molar-refractivity contribution < 1.29 is 38.2 Å². The Morgan fingerprint density at radius 3 is 1.92 bits per heavy atom. The summed E-state index contributed by atoms with van der Waals surface area (Å²) >= 11 is 0. The van der Waals surface area contributed by atoms with Gasteiger partial charge in [0.15, 0.2) is 12.4 Å². The maximum Gasteiger partial charge on any atom is 0.408 e. The largest absolute Gasteiger partial charge is 0.454 e. The van der Waals surface area contributed by atoms with Crippen LogP contribution in [0.2, 0.25) is 0 Å². The highest BCUT2D eigenvalue weighted by Crippen LogP contribution is 2.15. The van der Waals surface area contributed by atoms with Gasteiger partial charge in [-0.2, -0.15) is 0 Å². The first-order valence-corrected chi connectivity index (χ1v) is 16.4. The number of unbranched alkanes of at least 4 members (excludes halogenated alkanes) is 1. The number of alkyl carbamates (subject to hydrolysis) is 2. The van der Waals surface area contributed by atoms with Gasteiger partial charge < -0.3 is 30.2 Å². The summed E-state index contributed by atoms with van der Waals surface area (Å²) in [6, 6.07) is 21.5. The van der Waals surface area contributed by atoms with Gasteiger partial charge in [0.1, 0.15) is 18.2 Å². The van der Waals surface area contributed by atoms with Gasteiger partial charge in [-0.05, 0) is 76.1 Å². The van der Waals surface area contributed by atoms with Crippen LogP contribution in [0.4, 0.5) is 9.59 Å². The van der Waals surface area contributed by atoms with Gasteiger partial charge in [-0.1, -0.05) is 78.9 Å². The van der Waals surface area contributed by atoms with Crippen LogP contribution in [0, 0.1) is 13.8 Å². The number of amides is 3. The van der Waals surface area contributed by atoms with Crippen molar-refractivity contribution in [1.29, 1.82) is 0 Å². The fraction of sp³-hybridized carbons (Fsp3) is 0.395. The number of carbonyl (C=O) groups is 5. The highest BCUT2D eigenvalue weighted by Gasteiger charge is 2.28. The zero-order valence-corrected chi connectivity index (χ0v) is 28.9. The Morgan fingerprint density at radius 2 is 1.31 bits per heavy atom. The summed E-state index contributed by atoms with van der Waals surface area (Å²) in [4.78, 5) is 65.0. The Balaban J connectivity index is 1.70. The summed E-state index contributed by atoms with van der Waals surface area (Å²) in [5, 5.41) is 8.09. The maximum atomic E-state index is 13.7. The van der Waals surface area contributed by atoms with E-state index in [0.29, 0.717) is 29.5 Å². The fourth-order valence-corrected chi connectivity index (χ4v) is 4.98. The van der Waals surface area contributed by atoms with Gasteiger partial charge in [-0.15, -0.1) is 0 Å². The summed E-state index contributed by atoms with van der Waals surface area (Å²) < 4.78 is 16.0. The van der Waals surface area contributed by atoms with Gasteiger partial charge in [0, 0.05) is 13.0 Å². The fourth-order valence-electron chi connectivity index (χ4n) is 4.98. The van der Waals surface area contributed by atoms with Crippen molar-refractivity contribution in [2.24, 2.45) is 0 Å². The second kappa shape index (κ2) is 19.0. The molecule has 2 atom stereocenters. The lowest BCUT2D eigenvalue weighted by Gasteiger charge is -2.23. The summed E-state index contributed by atoms with van der Waals surface area (Å²) in [6.07, 6.45) is -0.0986. The molecule has 0 aromatic heterocycles. The number of ether oxygens (including phenoxy) is 3. The number of esters is 1. The molecule has 3 aromatic rings. The minimum absolute atomic E-state index is 0.0104. The molecule has 0 bridgehead atoms. The maximum absolute atomic E-state index is 13.7. The molecule has 0 radical (unpaired) electrons. The minimum Gasteiger partial charge on any atom is -0.454 e. The molecular weight excluding hydrogens is 626 g/mol. The van der Waals surface area contributed by atoms with E-state index in [4.69, 9.17) is 14.2 Å². The quantitative estimate of drug-likeness (QED) is 0.0990. The molecule has 3 N–H and O–H groups in total. The summed E-state index contributed by atoms with van der Waals surface area (Å²) in [5.74, 6) is -1.76. The van der Waals surface area contributed by atoms with Gasteiger partial charge >= 0.3 is 18.2 Å². The molecule has 0 saturated heterocycles. The zero-order chi connectivity index (χ0) is 35.8. The van der Waals surface area contributed by atoms with Crippen LogP contribution in [0.5, 0.6) is 0 Å². The number of hydrogen-bond acceptors (Lipinski definition) is 8. The van der Waals surface area contributed by atoms with Crippen LogP contribution in [0.3, 0.4) is 0 Å². The number of benzene rings is 3. The van der Waals surface area contributed by atoms with Gasteiger partial charge in [0.05, 0.1) is 11.6 Å². The van der Waals surface area contributed by atoms with Gasteiger partial charge in [0.2, 0.25) is 5.91 Å². The molecule has 0 heterocycles. The molecule has 0 aliphatic carbocycles. The van der Waals surface area contributed by atoms with Crippen LogP contribution < -0.4 is 16.0 Å². The van der Waals surface area contributed by atoms with Crippen LogP contribution in [-0.4, -0.2) is 60.7 Å². The van der Waals surface area contributed by atoms with Gasteiger partial charge in [-0.25, -0.2) is 14.4 Å². The Labute approximate surface area is 288 Å². The third kappa shape index (κ3) is 13.8. The van der Waals surface area contributed by atoms with Crippen LogP contribution in [0.15, 0.2) is 78.9 Å². The van der Waals surface area contributed by atoms with Crippen LogP contribution in [0.1, 0.15) is 72.6 Å². The summed E-state index contributed by atoms with van der Waals surface area (Å²) in [7, 11) is 0. The lowest BCUT2D eigenvalue weighted by atomic mass is 10.0. The average molecular weight is 674 g/mol. The molecule has 3 rings (SSSR count). The first-order valence-electron chi connectivity index (χ1n) is 16.4. The predicted molar refractivity (Wildman–Crippen MR) is 185 cm³/mol. The van der Waals surface area contributed by atoms with Crippen molar-refractivity contribution in [3.05, 3.63) is 107 Å². The van der Waals surface area contributed by atoms with Crippen molar-refractivity contribution in [3.63, 3.8) is 0 Å². The second-order valence-corrected chi connectivity index (χ2v) is 12.7. The Bertz CT molecular complexity index is 1530. The van der Waals surface area contributed by atoms with E-state index in [0.717, 1.165) is 11.1 Å². The smallest absolute Gasteiger partial charge is 0.408 e. The van der Waals surface area contributed by atoms with E-state index in [1.807, 2.05) is 66.7 Å². The first-order chi connectivity index (χ1) is 23.3. The SMILES string of the molecule is Cc1cccc(C)c1C(=O)OCC(=O)[C@@H](CCCCNC(=O)OC(C)(C)C)NC(=O)[C@@H](Cc1ccccc1)NC(=O)OCc1ccccc1. The number of nitrogens with one attached hydrogen (secondary N) is 3. The molecule has 0 unspecified atom stereocenters. The zero-order valence-electron chi connectivity index (χ0n) is 28.9. The van der Waals surface area contributed by atoms with Crippen LogP contribution in [0.25, 0.3) is 0 Å². The monoisotopic (exact) mass is 673 g/mol. The van der Waals surface area contributed by atoms with Crippen LogP contribution in [-0.2, 0) is 36.8 Å². The molecule has 11 heteroatoms. The van der Waals surface area contributed by atoms with Crippen molar-refractivity contribution in [3.8, 4) is 0 Å². The van der Waals surface area contributed by atoms with Crippen molar-refractivity contribution >= 4 is 29.8 Å². The molecule has 0 saturated carbocycles. The van der Waals surface area contributed by atoms with E-state index in [2.05, 4.69) is 16.0 Å². The van der Waals surface area contributed by atoms with E-state index < -0.39 is 54.1 Å². The van der Waals surface area contributed by atoms with Crippen molar-refractivity contribution in [2.75, 3.05) is 13.2 Å². The van der Waals surface area contributed by atoms with Gasteiger partial charge in [-0.3, -0.25) is 9.59 Å². The van der Waals surface area contributed by atoms with E-state index >= 15 is 0 Å². The number of ketones is 1. The third-order valence-electron chi connectivity index (χ3n) is 7.43. The first kappa shape index (κ1) is 38.3. The minimum atomic E-state index is -1.08. The third-order valence-corrected chi connectivity index (χ3v) is 7.43. The lowest BCUT2D eigenvalue weighted by molar-refractivity contribution is -0.130. The molecule has 262 valence electrons. The van der Waals surface area contributed by atoms with E-state index in [1.165, 1.54) is 0 Å². The van der Waals surface area contributed by atoms with Gasteiger partial charge in [0.25, 0.3) is 0 Å². The second-order valence-electron chi connectivity index (χ2n) is 12.7. The molecule has 0 spiro atoms. The summed E-state index contributed by atoms with van der Waals surface area (Å²) in [6.45, 7) is 8.59. The molecule has 0 aliphatic heterocycles. The number of rotatable bonds is 16. The highest BCUT2D eigenvalue weighted by atomic mass is 16.6. The lowest BCUT2D eigenvalue weighted by Crippen LogP contribution is -2.53. The number of aryl methyl sites for hydroxylation is 2. The Morgan fingerprint density at radius 1 is 0.694 bits per heavy atom. The number of hydrogen-bond donors (Lipinski definition) is 3. The topological polar surface area (TPSA) is 149 Å². The number of Topliss-reactive ketones (excluding diaryl/α,β-unsaturated/α-hetero) is 1. The molecule has 0 aliphatic rings. The highest BCUT2D eigenvalue weighted by molar-refractivity contribution is 5.96. The Hall–Kier alpha value is -5.19. The van der Waals surface area contributed by atoms with E-state index in [9.17, 15) is 24.0 Å². The molecular formula is C38H47N3O8. The Kier molecular flexibility index (Phi) is 14.8.